The molecule has 1 saturated carbocycles. The van der Waals surface area contributed by atoms with Gasteiger partial charge in [0.05, 0.1) is 11.9 Å². The summed E-state index contributed by atoms with van der Waals surface area (Å²) in [5.41, 5.74) is 3.42. The van der Waals surface area contributed by atoms with Crippen LogP contribution in [0.15, 0.2) is 24.5 Å². The smallest absolute Gasteiger partial charge is 0.225 e. The van der Waals surface area contributed by atoms with Crippen molar-refractivity contribution >= 4 is 11.6 Å². The quantitative estimate of drug-likeness (QED) is 0.938. The molecule has 0 radical (unpaired) electrons. The van der Waals surface area contributed by atoms with Gasteiger partial charge in [0.25, 0.3) is 0 Å². The molecule has 2 aromatic rings. The van der Waals surface area contributed by atoms with E-state index in [2.05, 4.69) is 51.8 Å². The number of fused-ring (bicyclic) bond motifs is 1. The third-order valence-electron chi connectivity index (χ3n) is 5.50. The highest BCUT2D eigenvalue weighted by atomic mass is 16.2. The molecule has 2 fully saturated rings. The lowest BCUT2D eigenvalue weighted by atomic mass is 9.93. The van der Waals surface area contributed by atoms with Gasteiger partial charge in [-0.15, -0.1) is 0 Å². The van der Waals surface area contributed by atoms with E-state index < -0.39 is 0 Å². The van der Waals surface area contributed by atoms with Crippen molar-refractivity contribution in [3.63, 3.8) is 0 Å². The monoisotopic (exact) mass is 326 g/mol. The van der Waals surface area contributed by atoms with Gasteiger partial charge in [-0.3, -0.25) is 4.79 Å². The van der Waals surface area contributed by atoms with Crippen LogP contribution in [0.25, 0.3) is 5.65 Å². The zero-order chi connectivity index (χ0) is 16.7. The second-order valence-corrected chi connectivity index (χ2v) is 7.45. The highest BCUT2D eigenvalue weighted by Gasteiger charge is 2.36. The van der Waals surface area contributed by atoms with Crippen molar-refractivity contribution < 1.29 is 4.79 Å². The number of aryl methyl sites for hydroxylation is 1. The fourth-order valence-electron chi connectivity index (χ4n) is 3.81. The standard InChI is InChI=1S/C19H26N4O/c1-13-4-3-8-23-16(11-21-18(13)23)10-20-17-7-9-22(12-14(17)2)19(24)15-5-6-15/h3-4,8,11,14-15,17,20H,5-7,9-10,12H2,1-2H3/t14-,17-/m1/s1. The zero-order valence-corrected chi connectivity index (χ0v) is 14.5. The number of amides is 1. The number of hydrogen-bond donors (Lipinski definition) is 1. The molecule has 5 heteroatoms. The minimum atomic E-state index is 0.336. The molecule has 24 heavy (non-hydrogen) atoms. The number of nitrogens with one attached hydrogen (secondary N) is 1. The Morgan fingerprint density at radius 2 is 2.21 bits per heavy atom. The van der Waals surface area contributed by atoms with E-state index in [0.717, 1.165) is 44.5 Å². The van der Waals surface area contributed by atoms with Crippen molar-refractivity contribution in [2.75, 3.05) is 13.1 Å². The number of carbonyl (C=O) groups excluding carboxylic acids is 1. The Kier molecular flexibility index (Phi) is 4.04. The maximum atomic E-state index is 12.2. The number of piperidine rings is 1. The Bertz CT molecular complexity index is 749. The van der Waals surface area contributed by atoms with Crippen molar-refractivity contribution in [1.82, 2.24) is 19.6 Å². The molecule has 0 unspecified atom stereocenters. The topological polar surface area (TPSA) is 49.6 Å². The lowest BCUT2D eigenvalue weighted by Crippen LogP contribution is -2.50. The van der Waals surface area contributed by atoms with E-state index in [4.69, 9.17) is 0 Å². The van der Waals surface area contributed by atoms with Crippen LogP contribution in [0.5, 0.6) is 0 Å². The van der Waals surface area contributed by atoms with E-state index in [1.807, 2.05) is 6.20 Å². The van der Waals surface area contributed by atoms with Crippen molar-refractivity contribution in [2.45, 2.75) is 45.7 Å². The number of hydrogen-bond acceptors (Lipinski definition) is 3. The zero-order valence-electron chi connectivity index (χ0n) is 14.5. The average Bonchev–Trinajstić information content (AvgIpc) is 3.34. The summed E-state index contributed by atoms with van der Waals surface area (Å²) in [7, 11) is 0. The molecule has 128 valence electrons. The average molecular weight is 326 g/mol. The Morgan fingerprint density at radius 1 is 1.38 bits per heavy atom. The molecule has 0 aromatic carbocycles. The van der Waals surface area contributed by atoms with Gasteiger partial charge in [0, 0.05) is 37.8 Å². The fourth-order valence-corrected chi connectivity index (χ4v) is 3.81. The Morgan fingerprint density at radius 3 is 2.96 bits per heavy atom. The normalized spacial score (nSPS) is 24.5. The Balaban J connectivity index is 1.37. The van der Waals surface area contributed by atoms with Crippen LogP contribution < -0.4 is 5.32 Å². The summed E-state index contributed by atoms with van der Waals surface area (Å²) in [6.07, 6.45) is 7.27. The summed E-state index contributed by atoms with van der Waals surface area (Å²) in [4.78, 5) is 18.8. The van der Waals surface area contributed by atoms with Gasteiger partial charge in [0.2, 0.25) is 5.91 Å². The summed E-state index contributed by atoms with van der Waals surface area (Å²) in [6, 6.07) is 4.62. The summed E-state index contributed by atoms with van der Waals surface area (Å²) in [6.45, 7) is 6.94. The first-order chi connectivity index (χ1) is 11.6. The highest BCUT2D eigenvalue weighted by molar-refractivity contribution is 5.81. The lowest BCUT2D eigenvalue weighted by molar-refractivity contribution is -0.134. The molecular formula is C19H26N4O. The van der Waals surface area contributed by atoms with E-state index in [1.54, 1.807) is 0 Å². The molecule has 0 spiro atoms. The predicted octanol–water partition coefficient (Wildman–Crippen LogP) is 2.38. The van der Waals surface area contributed by atoms with E-state index in [1.165, 1.54) is 11.3 Å². The third-order valence-corrected chi connectivity index (χ3v) is 5.50. The van der Waals surface area contributed by atoms with E-state index in [-0.39, 0.29) is 0 Å². The Labute approximate surface area is 143 Å². The van der Waals surface area contributed by atoms with E-state index in [9.17, 15) is 4.79 Å². The van der Waals surface area contributed by atoms with Crippen molar-refractivity contribution in [2.24, 2.45) is 11.8 Å². The van der Waals surface area contributed by atoms with Gasteiger partial charge in [-0.25, -0.2) is 4.98 Å². The molecule has 2 atom stereocenters. The van der Waals surface area contributed by atoms with Crippen LogP contribution in [0.2, 0.25) is 0 Å². The van der Waals surface area contributed by atoms with E-state index in [0.29, 0.717) is 23.8 Å². The van der Waals surface area contributed by atoms with Crippen LogP contribution in [0.1, 0.15) is 37.4 Å². The van der Waals surface area contributed by atoms with Crippen molar-refractivity contribution in [1.29, 1.82) is 0 Å². The third kappa shape index (κ3) is 2.93. The predicted molar refractivity (Wildman–Crippen MR) is 93.6 cm³/mol. The summed E-state index contributed by atoms with van der Waals surface area (Å²) in [5, 5.41) is 3.69. The lowest BCUT2D eigenvalue weighted by Gasteiger charge is -2.37. The largest absolute Gasteiger partial charge is 0.342 e. The number of likely N-dealkylation sites (tertiary alicyclic amines) is 1. The summed E-state index contributed by atoms with van der Waals surface area (Å²) >= 11 is 0. The van der Waals surface area contributed by atoms with Gasteiger partial charge in [0.1, 0.15) is 5.65 Å². The van der Waals surface area contributed by atoms with Gasteiger partial charge in [-0.1, -0.05) is 13.0 Å². The molecule has 1 amide bonds. The van der Waals surface area contributed by atoms with Crippen LogP contribution >= 0.6 is 0 Å². The van der Waals surface area contributed by atoms with Gasteiger partial charge in [-0.05, 0) is 43.7 Å². The molecule has 1 N–H and O–H groups in total. The minimum Gasteiger partial charge on any atom is -0.342 e. The molecule has 2 aliphatic rings. The van der Waals surface area contributed by atoms with Crippen LogP contribution in [0.3, 0.4) is 0 Å². The number of carbonyl (C=O) groups is 1. The first kappa shape index (κ1) is 15.6. The fraction of sp³-hybridized carbons (Fsp3) is 0.579. The summed E-state index contributed by atoms with van der Waals surface area (Å²) < 4.78 is 2.17. The number of aromatic nitrogens is 2. The molecular weight excluding hydrogens is 300 g/mol. The maximum Gasteiger partial charge on any atom is 0.225 e. The molecule has 1 aliphatic carbocycles. The van der Waals surface area contributed by atoms with E-state index >= 15 is 0 Å². The van der Waals surface area contributed by atoms with Crippen molar-refractivity contribution in [3.05, 3.63) is 35.8 Å². The van der Waals surface area contributed by atoms with Crippen LogP contribution in [-0.4, -0.2) is 39.3 Å². The first-order valence-corrected chi connectivity index (χ1v) is 9.07. The highest BCUT2D eigenvalue weighted by Crippen LogP contribution is 2.32. The first-order valence-electron chi connectivity index (χ1n) is 9.07. The Hall–Kier alpha value is -1.88. The van der Waals surface area contributed by atoms with Crippen LogP contribution in [0, 0.1) is 18.8 Å². The van der Waals surface area contributed by atoms with Gasteiger partial charge >= 0.3 is 0 Å². The molecule has 5 nitrogen and oxygen atoms in total. The molecule has 3 heterocycles. The molecule has 1 saturated heterocycles. The maximum absolute atomic E-state index is 12.2. The van der Waals surface area contributed by atoms with Gasteiger partial charge < -0.3 is 14.6 Å². The van der Waals surface area contributed by atoms with Crippen LogP contribution in [-0.2, 0) is 11.3 Å². The summed E-state index contributed by atoms with van der Waals surface area (Å²) in [5.74, 6) is 1.21. The number of rotatable bonds is 4. The van der Waals surface area contributed by atoms with Crippen molar-refractivity contribution in [3.8, 4) is 0 Å². The number of pyridine rings is 1. The SMILES string of the molecule is Cc1cccn2c(CN[C@@H]3CCN(C(=O)C4CC4)C[C@H]3C)cnc12. The second-order valence-electron chi connectivity index (χ2n) is 7.45. The molecule has 0 bridgehead atoms. The molecule has 1 aliphatic heterocycles. The molecule has 2 aromatic heterocycles. The van der Waals surface area contributed by atoms with Gasteiger partial charge in [-0.2, -0.15) is 0 Å². The number of nitrogens with zero attached hydrogens (tertiary/aromatic N) is 3. The number of imidazole rings is 1. The second kappa shape index (κ2) is 6.20. The van der Waals surface area contributed by atoms with Gasteiger partial charge in [0.15, 0.2) is 0 Å². The molecule has 4 rings (SSSR count). The van der Waals surface area contributed by atoms with Crippen LogP contribution in [0.4, 0.5) is 0 Å². The minimum absolute atomic E-state index is 0.336.